The maximum atomic E-state index is 12.3. The summed E-state index contributed by atoms with van der Waals surface area (Å²) in [7, 11) is 0. The Hall–Kier alpha value is 0.140. The summed E-state index contributed by atoms with van der Waals surface area (Å²) in [4.78, 5) is 0. The summed E-state index contributed by atoms with van der Waals surface area (Å²) in [6.45, 7) is 0.794. The van der Waals surface area contributed by atoms with Gasteiger partial charge < -0.3 is 10.5 Å². The van der Waals surface area contributed by atoms with Gasteiger partial charge in [-0.3, -0.25) is 0 Å². The number of halogens is 2. The molecule has 0 spiro atoms. The molecule has 1 fully saturated rings. The first-order valence-corrected chi connectivity index (χ1v) is 2.78. The predicted molar refractivity (Wildman–Crippen MR) is 35.6 cm³/mol. The summed E-state index contributed by atoms with van der Waals surface area (Å²) in [5.41, 5.74) is 5.32. The molecule has 2 atom stereocenters. The zero-order chi connectivity index (χ0) is 5.98. The standard InChI is InChI=1S/C5H10FNO.ClH/c6-4-3-8-2-1-5(4)7;/h4-5H,1-3,7H2;1H/t4-,5-;/m0./s1. The molecule has 2 N–H and O–H groups in total. The molecule has 56 valence electrons. The van der Waals surface area contributed by atoms with Gasteiger partial charge in [-0.15, -0.1) is 12.4 Å². The third kappa shape index (κ3) is 2.47. The number of hydrogen-bond donors (Lipinski definition) is 1. The molecule has 1 saturated heterocycles. The predicted octanol–water partition coefficient (Wildman–Crippen LogP) is 0.494. The first-order valence-electron chi connectivity index (χ1n) is 2.78. The number of ether oxygens (including phenoxy) is 1. The Labute approximate surface area is 60.0 Å². The van der Waals surface area contributed by atoms with Crippen molar-refractivity contribution in [3.8, 4) is 0 Å². The lowest BCUT2D eigenvalue weighted by atomic mass is 10.1. The van der Waals surface area contributed by atoms with Crippen LogP contribution in [0, 0.1) is 0 Å². The third-order valence-corrected chi connectivity index (χ3v) is 1.34. The van der Waals surface area contributed by atoms with Crippen LogP contribution in [0.4, 0.5) is 4.39 Å². The molecule has 0 unspecified atom stereocenters. The lowest BCUT2D eigenvalue weighted by molar-refractivity contribution is 0.0238. The highest BCUT2D eigenvalue weighted by molar-refractivity contribution is 5.85. The summed E-state index contributed by atoms with van der Waals surface area (Å²) < 4.78 is 17.1. The minimum absolute atomic E-state index is 0. The minimum Gasteiger partial charge on any atom is -0.378 e. The average molecular weight is 156 g/mol. The van der Waals surface area contributed by atoms with E-state index in [1.165, 1.54) is 0 Å². The SMILES string of the molecule is Cl.N[C@H]1CCOC[C@@H]1F. The van der Waals surface area contributed by atoms with Crippen LogP contribution in [0.1, 0.15) is 6.42 Å². The van der Waals surface area contributed by atoms with Gasteiger partial charge in [-0.2, -0.15) is 0 Å². The van der Waals surface area contributed by atoms with Crippen LogP contribution >= 0.6 is 12.4 Å². The van der Waals surface area contributed by atoms with Crippen LogP contribution < -0.4 is 5.73 Å². The van der Waals surface area contributed by atoms with E-state index in [0.29, 0.717) is 13.0 Å². The lowest BCUT2D eigenvalue weighted by Crippen LogP contribution is -2.39. The van der Waals surface area contributed by atoms with Crippen LogP contribution in [0.15, 0.2) is 0 Å². The van der Waals surface area contributed by atoms with Gasteiger partial charge in [0.2, 0.25) is 0 Å². The second kappa shape index (κ2) is 4.04. The molecular formula is C5H11ClFNO. The second-order valence-electron chi connectivity index (χ2n) is 2.04. The summed E-state index contributed by atoms with van der Waals surface area (Å²) in [5, 5.41) is 0. The Morgan fingerprint density at radius 2 is 2.22 bits per heavy atom. The van der Waals surface area contributed by atoms with Gasteiger partial charge >= 0.3 is 0 Å². The molecule has 1 rings (SSSR count). The van der Waals surface area contributed by atoms with E-state index < -0.39 is 6.17 Å². The van der Waals surface area contributed by atoms with Crippen LogP contribution in [-0.4, -0.2) is 25.4 Å². The normalized spacial score (nSPS) is 35.3. The highest BCUT2D eigenvalue weighted by atomic mass is 35.5. The average Bonchev–Trinajstić information content (AvgIpc) is 1.77. The van der Waals surface area contributed by atoms with Gasteiger partial charge in [0.25, 0.3) is 0 Å². The monoisotopic (exact) mass is 155 g/mol. The molecule has 0 saturated carbocycles. The fourth-order valence-corrected chi connectivity index (χ4v) is 0.720. The zero-order valence-corrected chi connectivity index (χ0v) is 5.86. The summed E-state index contributed by atoms with van der Waals surface area (Å²) in [6, 6.07) is -0.288. The molecule has 0 radical (unpaired) electrons. The van der Waals surface area contributed by atoms with Crippen molar-refractivity contribution in [2.45, 2.75) is 18.6 Å². The number of rotatable bonds is 0. The van der Waals surface area contributed by atoms with E-state index in [1.807, 2.05) is 0 Å². The van der Waals surface area contributed by atoms with Crippen molar-refractivity contribution in [1.29, 1.82) is 0 Å². The zero-order valence-electron chi connectivity index (χ0n) is 5.05. The third-order valence-electron chi connectivity index (χ3n) is 1.34. The Kier molecular flexibility index (Phi) is 4.10. The molecule has 0 aromatic heterocycles. The van der Waals surface area contributed by atoms with E-state index in [-0.39, 0.29) is 25.1 Å². The molecule has 0 amide bonds. The summed E-state index contributed by atoms with van der Waals surface area (Å²) in [5.74, 6) is 0. The van der Waals surface area contributed by atoms with Crippen molar-refractivity contribution in [2.24, 2.45) is 5.73 Å². The topological polar surface area (TPSA) is 35.2 Å². The fraction of sp³-hybridized carbons (Fsp3) is 1.00. The van der Waals surface area contributed by atoms with Crippen LogP contribution in [-0.2, 0) is 4.74 Å². The molecule has 4 heteroatoms. The molecule has 1 aliphatic heterocycles. The van der Waals surface area contributed by atoms with Gasteiger partial charge in [-0.1, -0.05) is 0 Å². The van der Waals surface area contributed by atoms with Crippen LogP contribution in [0.5, 0.6) is 0 Å². The van der Waals surface area contributed by atoms with Crippen LogP contribution in [0.25, 0.3) is 0 Å². The van der Waals surface area contributed by atoms with Gasteiger partial charge in [-0.05, 0) is 6.42 Å². The molecule has 1 aliphatic rings. The van der Waals surface area contributed by atoms with Gasteiger partial charge in [-0.25, -0.2) is 4.39 Å². The van der Waals surface area contributed by atoms with E-state index >= 15 is 0 Å². The smallest absolute Gasteiger partial charge is 0.138 e. The highest BCUT2D eigenvalue weighted by Crippen LogP contribution is 2.07. The van der Waals surface area contributed by atoms with E-state index in [4.69, 9.17) is 10.5 Å². The van der Waals surface area contributed by atoms with E-state index in [9.17, 15) is 4.39 Å². The van der Waals surface area contributed by atoms with E-state index in [0.717, 1.165) is 0 Å². The molecule has 0 aromatic rings. The fourth-order valence-electron chi connectivity index (χ4n) is 0.720. The molecule has 2 nitrogen and oxygen atoms in total. The molecule has 0 aromatic carbocycles. The molecule has 9 heavy (non-hydrogen) atoms. The number of alkyl halides is 1. The van der Waals surface area contributed by atoms with Gasteiger partial charge in [0.05, 0.1) is 6.61 Å². The van der Waals surface area contributed by atoms with Crippen molar-refractivity contribution >= 4 is 12.4 Å². The number of nitrogens with two attached hydrogens (primary N) is 1. The van der Waals surface area contributed by atoms with Gasteiger partial charge in [0.1, 0.15) is 6.17 Å². The van der Waals surface area contributed by atoms with Crippen LogP contribution in [0.2, 0.25) is 0 Å². The van der Waals surface area contributed by atoms with Crippen molar-refractivity contribution in [2.75, 3.05) is 13.2 Å². The van der Waals surface area contributed by atoms with Crippen molar-refractivity contribution < 1.29 is 9.13 Å². The largest absolute Gasteiger partial charge is 0.378 e. The summed E-state index contributed by atoms with van der Waals surface area (Å²) in [6.07, 6.45) is -0.287. The first kappa shape index (κ1) is 9.14. The summed E-state index contributed by atoms with van der Waals surface area (Å²) >= 11 is 0. The Morgan fingerprint density at radius 3 is 2.56 bits per heavy atom. The molecule has 1 heterocycles. The van der Waals surface area contributed by atoms with E-state index in [1.54, 1.807) is 0 Å². The minimum atomic E-state index is -0.941. The van der Waals surface area contributed by atoms with Crippen LogP contribution in [0.3, 0.4) is 0 Å². The maximum absolute atomic E-state index is 12.3. The highest BCUT2D eigenvalue weighted by Gasteiger charge is 2.20. The van der Waals surface area contributed by atoms with Gasteiger partial charge in [0, 0.05) is 12.6 Å². The lowest BCUT2D eigenvalue weighted by Gasteiger charge is -2.21. The van der Waals surface area contributed by atoms with Crippen molar-refractivity contribution in [3.05, 3.63) is 0 Å². The Bertz CT molecular complexity index is 73.4. The molecular weight excluding hydrogens is 145 g/mol. The first-order chi connectivity index (χ1) is 3.80. The second-order valence-corrected chi connectivity index (χ2v) is 2.04. The Morgan fingerprint density at radius 1 is 1.56 bits per heavy atom. The molecule has 0 bridgehead atoms. The number of hydrogen-bond acceptors (Lipinski definition) is 2. The van der Waals surface area contributed by atoms with Gasteiger partial charge in [0.15, 0.2) is 0 Å². The van der Waals surface area contributed by atoms with E-state index in [2.05, 4.69) is 0 Å². The van der Waals surface area contributed by atoms with Crippen molar-refractivity contribution in [3.63, 3.8) is 0 Å². The quantitative estimate of drug-likeness (QED) is 0.553. The Balaban J connectivity index is 0.000000640. The maximum Gasteiger partial charge on any atom is 0.138 e. The molecule has 0 aliphatic carbocycles. The van der Waals surface area contributed by atoms with Crippen molar-refractivity contribution in [1.82, 2.24) is 0 Å².